The average Bonchev–Trinajstić information content (AvgIpc) is 3.21. The van der Waals surface area contributed by atoms with Gasteiger partial charge in [-0.25, -0.2) is 13.4 Å². The van der Waals surface area contributed by atoms with Gasteiger partial charge < -0.3 is 5.32 Å². The first-order chi connectivity index (χ1) is 14.5. The van der Waals surface area contributed by atoms with Crippen molar-refractivity contribution in [1.29, 1.82) is 0 Å². The molecule has 4 aromatic rings. The van der Waals surface area contributed by atoms with Gasteiger partial charge in [-0.2, -0.15) is 4.31 Å². The molecule has 1 aromatic carbocycles. The van der Waals surface area contributed by atoms with Gasteiger partial charge in [-0.15, -0.1) is 11.3 Å². The molecule has 1 aliphatic heterocycles. The lowest BCUT2D eigenvalue weighted by Gasteiger charge is -2.28. The van der Waals surface area contributed by atoms with E-state index in [-0.39, 0.29) is 4.21 Å². The number of hydrogen-bond acceptors (Lipinski definition) is 6. The fraction of sp³-hybridized carbons (Fsp3) is 0.143. The maximum Gasteiger partial charge on any atom is 0.252 e. The highest BCUT2D eigenvalue weighted by atomic mass is 35.5. The summed E-state index contributed by atoms with van der Waals surface area (Å²) in [5.41, 5.74) is 3.75. The Hall–Kier alpha value is -2.52. The number of aromatic nitrogens is 2. The summed E-state index contributed by atoms with van der Waals surface area (Å²) in [5, 5.41) is 4.40. The van der Waals surface area contributed by atoms with Crippen LogP contribution in [0.5, 0.6) is 0 Å². The molecule has 0 spiro atoms. The second kappa shape index (κ2) is 7.63. The molecule has 9 heteroatoms. The molecule has 0 radical (unpaired) electrons. The lowest BCUT2D eigenvalue weighted by molar-refractivity contribution is 0.392. The van der Waals surface area contributed by atoms with E-state index in [0.29, 0.717) is 23.8 Å². The van der Waals surface area contributed by atoms with Gasteiger partial charge in [-0.3, -0.25) is 4.98 Å². The highest BCUT2D eigenvalue weighted by Gasteiger charge is 2.30. The Balaban J connectivity index is 1.42. The van der Waals surface area contributed by atoms with E-state index in [9.17, 15) is 8.42 Å². The van der Waals surface area contributed by atoms with Crippen molar-refractivity contribution in [2.75, 3.05) is 11.9 Å². The molecule has 0 saturated carbocycles. The van der Waals surface area contributed by atoms with E-state index in [2.05, 4.69) is 15.3 Å². The first kappa shape index (κ1) is 19.4. The molecule has 0 saturated heterocycles. The van der Waals surface area contributed by atoms with Crippen molar-refractivity contribution in [1.82, 2.24) is 14.3 Å². The summed E-state index contributed by atoms with van der Waals surface area (Å²) in [6, 6.07) is 15.0. The first-order valence-electron chi connectivity index (χ1n) is 9.35. The largest absolute Gasteiger partial charge is 0.339 e. The maximum atomic E-state index is 12.9. The highest BCUT2D eigenvalue weighted by molar-refractivity contribution is 7.91. The van der Waals surface area contributed by atoms with Gasteiger partial charge in [-0.05, 0) is 42.3 Å². The summed E-state index contributed by atoms with van der Waals surface area (Å²) in [5.74, 6) is 0.737. The van der Waals surface area contributed by atoms with Gasteiger partial charge in [0.15, 0.2) is 0 Å². The van der Waals surface area contributed by atoms with Crippen LogP contribution in [0.25, 0.3) is 10.9 Å². The van der Waals surface area contributed by atoms with Gasteiger partial charge in [-0.1, -0.05) is 29.8 Å². The number of para-hydroxylation sites is 1. The zero-order chi connectivity index (χ0) is 20.7. The van der Waals surface area contributed by atoms with Gasteiger partial charge in [0.25, 0.3) is 10.0 Å². The van der Waals surface area contributed by atoms with E-state index in [1.54, 1.807) is 24.5 Å². The van der Waals surface area contributed by atoms with Crippen LogP contribution in [0, 0.1) is 0 Å². The van der Waals surface area contributed by atoms with Crippen molar-refractivity contribution in [3.63, 3.8) is 0 Å². The van der Waals surface area contributed by atoms with Crippen molar-refractivity contribution >= 4 is 55.4 Å². The minimum absolute atomic E-state index is 0.269. The van der Waals surface area contributed by atoms with Crippen molar-refractivity contribution in [3.8, 4) is 0 Å². The fourth-order valence-electron chi connectivity index (χ4n) is 3.62. The Kier molecular flexibility index (Phi) is 4.94. The molecule has 5 rings (SSSR count). The lowest BCUT2D eigenvalue weighted by Crippen LogP contribution is -2.36. The second-order valence-corrected chi connectivity index (χ2v) is 10.9. The van der Waals surface area contributed by atoms with Gasteiger partial charge in [0, 0.05) is 30.2 Å². The molecular formula is C21H17ClN4O2S2. The van der Waals surface area contributed by atoms with E-state index in [0.717, 1.165) is 44.9 Å². The molecular weight excluding hydrogens is 440 g/mol. The number of hydrogen-bond donors (Lipinski definition) is 1. The first-order valence-corrected chi connectivity index (χ1v) is 12.0. The average molecular weight is 457 g/mol. The molecule has 6 nitrogen and oxygen atoms in total. The third-order valence-corrected chi connectivity index (χ3v) is 8.65. The molecule has 0 fully saturated rings. The van der Waals surface area contributed by atoms with E-state index >= 15 is 0 Å². The van der Waals surface area contributed by atoms with Gasteiger partial charge >= 0.3 is 0 Å². The molecule has 0 unspecified atom stereocenters. The van der Waals surface area contributed by atoms with Crippen LogP contribution in [-0.2, 0) is 23.0 Å². The number of sulfonamides is 1. The predicted octanol–water partition coefficient (Wildman–Crippen LogP) is 4.84. The Labute approximate surface area is 183 Å². The van der Waals surface area contributed by atoms with E-state index < -0.39 is 10.0 Å². The van der Waals surface area contributed by atoms with Gasteiger partial charge in [0.2, 0.25) is 0 Å². The molecule has 30 heavy (non-hydrogen) atoms. The van der Waals surface area contributed by atoms with Crippen molar-refractivity contribution in [2.45, 2.75) is 17.2 Å². The number of nitrogens with zero attached hydrogens (tertiary/aromatic N) is 3. The van der Waals surface area contributed by atoms with Gasteiger partial charge in [0.1, 0.15) is 10.0 Å². The Morgan fingerprint density at radius 3 is 2.80 bits per heavy atom. The predicted molar refractivity (Wildman–Crippen MR) is 120 cm³/mol. The smallest absolute Gasteiger partial charge is 0.252 e. The number of rotatable bonds is 4. The zero-order valence-electron chi connectivity index (χ0n) is 15.7. The number of halogens is 1. The van der Waals surface area contributed by atoms with E-state index in [1.807, 2.05) is 36.4 Å². The molecule has 152 valence electrons. The van der Waals surface area contributed by atoms with Crippen LogP contribution >= 0.6 is 22.9 Å². The topological polar surface area (TPSA) is 75.2 Å². The Morgan fingerprint density at radius 1 is 1.10 bits per heavy atom. The molecule has 1 N–H and O–H groups in total. The summed E-state index contributed by atoms with van der Waals surface area (Å²) >= 11 is 7.01. The number of anilines is 2. The van der Waals surface area contributed by atoms with Crippen LogP contribution in [0.1, 0.15) is 11.1 Å². The number of nitrogens with one attached hydrogen (secondary N) is 1. The monoisotopic (exact) mass is 456 g/mol. The molecule has 0 atom stereocenters. The number of pyridine rings is 2. The minimum atomic E-state index is -3.56. The second-order valence-electron chi connectivity index (χ2n) is 6.99. The fourth-order valence-corrected chi connectivity index (χ4v) is 6.67. The Morgan fingerprint density at radius 2 is 1.97 bits per heavy atom. The van der Waals surface area contributed by atoms with Crippen LogP contribution in [0.2, 0.25) is 4.34 Å². The number of benzene rings is 1. The maximum absolute atomic E-state index is 12.9. The quantitative estimate of drug-likeness (QED) is 0.475. The molecule has 3 aromatic heterocycles. The Bertz CT molecular complexity index is 1350. The number of thiophene rings is 1. The molecule has 4 heterocycles. The van der Waals surface area contributed by atoms with Crippen molar-refractivity contribution in [2.24, 2.45) is 0 Å². The number of fused-ring (bicyclic) bond motifs is 2. The van der Waals surface area contributed by atoms with Crippen molar-refractivity contribution < 1.29 is 8.42 Å². The minimum Gasteiger partial charge on any atom is -0.339 e. The SMILES string of the molecule is O=S(=O)(c1ccc(Cl)s1)N1CCc2c(ccnc2Nc2cnc3ccccc3c2)C1. The van der Waals surface area contributed by atoms with E-state index in [4.69, 9.17) is 11.6 Å². The van der Waals surface area contributed by atoms with Crippen LogP contribution in [0.15, 0.2) is 65.1 Å². The van der Waals surface area contributed by atoms with Crippen LogP contribution < -0.4 is 5.32 Å². The standard InChI is InChI=1S/C21H17ClN4O2S2/c22-19-5-6-20(29-19)30(27,28)26-10-8-17-15(13-26)7-9-23-21(17)25-16-11-14-3-1-2-4-18(14)24-12-16/h1-7,9,11-12H,8,10,13H2,(H,23,25). The molecule has 0 bridgehead atoms. The summed E-state index contributed by atoms with van der Waals surface area (Å²) in [7, 11) is -3.56. The van der Waals surface area contributed by atoms with Crippen LogP contribution in [-0.4, -0.2) is 29.2 Å². The highest BCUT2D eigenvalue weighted by Crippen LogP contribution is 2.33. The van der Waals surface area contributed by atoms with Crippen LogP contribution in [0.4, 0.5) is 11.5 Å². The van der Waals surface area contributed by atoms with Gasteiger partial charge in [0.05, 0.1) is 21.7 Å². The molecule has 0 amide bonds. The normalized spacial score (nSPS) is 14.6. The lowest BCUT2D eigenvalue weighted by atomic mass is 10.0. The third-order valence-electron chi connectivity index (χ3n) is 5.11. The van der Waals surface area contributed by atoms with E-state index in [1.165, 1.54) is 4.31 Å². The zero-order valence-corrected chi connectivity index (χ0v) is 18.1. The third kappa shape index (κ3) is 3.56. The van der Waals surface area contributed by atoms with Crippen molar-refractivity contribution in [3.05, 3.63) is 76.4 Å². The summed E-state index contributed by atoms with van der Waals surface area (Å²) in [6.45, 7) is 0.696. The summed E-state index contributed by atoms with van der Waals surface area (Å²) in [6.07, 6.45) is 4.06. The molecule has 0 aliphatic carbocycles. The van der Waals surface area contributed by atoms with Crippen LogP contribution in [0.3, 0.4) is 0 Å². The summed E-state index contributed by atoms with van der Waals surface area (Å²) < 4.78 is 28.1. The summed E-state index contributed by atoms with van der Waals surface area (Å²) in [4.78, 5) is 8.98. The molecule has 1 aliphatic rings.